The number of hydrogen-bond donors (Lipinski definition) is 1. The van der Waals surface area contributed by atoms with Gasteiger partial charge in [-0.3, -0.25) is 4.40 Å². The monoisotopic (exact) mass is 380 g/mol. The third kappa shape index (κ3) is 2.93. The van der Waals surface area contributed by atoms with Crippen molar-refractivity contribution in [2.45, 2.75) is 19.9 Å². The number of benzene rings is 1. The molecule has 1 aliphatic rings. The third-order valence-corrected chi connectivity index (χ3v) is 5.91. The largest absolute Gasteiger partial charge is 0.422 e. The van der Waals surface area contributed by atoms with Crippen LogP contribution in [0, 0.1) is 6.92 Å². The molecule has 3 aromatic heterocycles. The van der Waals surface area contributed by atoms with Gasteiger partial charge in [-0.2, -0.15) is 0 Å². The fourth-order valence-corrected chi connectivity index (χ4v) is 4.49. The van der Waals surface area contributed by atoms with E-state index in [1.807, 2.05) is 41.9 Å². The number of anilines is 1. The number of aryl methyl sites for hydroxylation is 1. The number of aromatic nitrogens is 2. The van der Waals surface area contributed by atoms with Crippen molar-refractivity contribution in [3.63, 3.8) is 0 Å². The van der Waals surface area contributed by atoms with Crippen LogP contribution in [0.1, 0.15) is 11.8 Å². The van der Waals surface area contributed by atoms with Gasteiger partial charge < -0.3 is 14.6 Å². The molecule has 7 heteroatoms. The number of hydrogen-bond acceptors (Lipinski definition) is 6. The molecule has 1 atom stereocenters. The molecule has 4 heterocycles. The summed E-state index contributed by atoms with van der Waals surface area (Å²) in [5.41, 5.74) is 2.50. The van der Waals surface area contributed by atoms with Crippen LogP contribution in [0.4, 0.5) is 5.69 Å². The van der Waals surface area contributed by atoms with Gasteiger partial charge in [0.15, 0.2) is 4.96 Å². The highest BCUT2D eigenvalue weighted by molar-refractivity contribution is 7.17. The fourth-order valence-electron chi connectivity index (χ4n) is 3.68. The Kier molecular flexibility index (Phi) is 3.80. The molecule has 0 radical (unpaired) electrons. The summed E-state index contributed by atoms with van der Waals surface area (Å²) in [5, 5.41) is 4.35. The summed E-state index contributed by atoms with van der Waals surface area (Å²) in [5.74, 6) is 0. The first-order valence-electron chi connectivity index (χ1n) is 9.08. The van der Waals surface area contributed by atoms with Gasteiger partial charge in [0.2, 0.25) is 0 Å². The Morgan fingerprint density at radius 2 is 2.19 bits per heavy atom. The Bertz CT molecular complexity index is 1170. The lowest BCUT2D eigenvalue weighted by Gasteiger charge is -2.33. The van der Waals surface area contributed by atoms with E-state index in [0.29, 0.717) is 22.9 Å². The fraction of sp³-hybridized carbons (Fsp3) is 0.300. The second-order valence-corrected chi connectivity index (χ2v) is 8.34. The molecule has 5 rings (SSSR count). The van der Waals surface area contributed by atoms with Gasteiger partial charge in [0.05, 0.1) is 11.3 Å². The number of imidazole rings is 1. The second-order valence-electron chi connectivity index (χ2n) is 7.13. The molecule has 0 spiro atoms. The highest BCUT2D eigenvalue weighted by atomic mass is 32.1. The summed E-state index contributed by atoms with van der Waals surface area (Å²) >= 11 is 1.60. The molecule has 6 nitrogen and oxygen atoms in total. The number of fused-ring (bicyclic) bond motifs is 2. The molecule has 27 heavy (non-hydrogen) atoms. The lowest BCUT2D eigenvalue weighted by molar-refractivity contribution is 0.484. The van der Waals surface area contributed by atoms with Crippen LogP contribution in [0.25, 0.3) is 27.2 Å². The van der Waals surface area contributed by atoms with Gasteiger partial charge >= 0.3 is 5.63 Å². The first kappa shape index (κ1) is 16.5. The van der Waals surface area contributed by atoms with Crippen LogP contribution in [-0.4, -0.2) is 35.1 Å². The number of thiazole rings is 1. The highest BCUT2D eigenvalue weighted by Crippen LogP contribution is 2.27. The molecule has 1 unspecified atom stereocenters. The smallest absolute Gasteiger partial charge is 0.345 e. The maximum Gasteiger partial charge on any atom is 0.345 e. The van der Waals surface area contributed by atoms with Crippen molar-refractivity contribution < 1.29 is 4.42 Å². The van der Waals surface area contributed by atoms with Gasteiger partial charge in [0.1, 0.15) is 5.58 Å². The van der Waals surface area contributed by atoms with Gasteiger partial charge in [-0.25, -0.2) is 9.78 Å². The molecule has 0 bridgehead atoms. The highest BCUT2D eigenvalue weighted by Gasteiger charge is 2.17. The van der Waals surface area contributed by atoms with Gasteiger partial charge in [-0.1, -0.05) is 0 Å². The van der Waals surface area contributed by atoms with E-state index in [4.69, 9.17) is 4.42 Å². The van der Waals surface area contributed by atoms with E-state index < -0.39 is 0 Å². The molecule has 138 valence electrons. The van der Waals surface area contributed by atoms with Crippen LogP contribution in [0.3, 0.4) is 0 Å². The summed E-state index contributed by atoms with van der Waals surface area (Å²) in [4.78, 5) is 21.6. The molecule has 0 aliphatic carbocycles. The Balaban J connectivity index is 1.55. The van der Waals surface area contributed by atoms with Gasteiger partial charge in [-0.15, -0.1) is 11.3 Å². The Morgan fingerprint density at radius 3 is 3.00 bits per heavy atom. The first-order valence-corrected chi connectivity index (χ1v) is 9.90. The Labute approximate surface area is 160 Å². The minimum atomic E-state index is -0.351. The number of nitrogens with zero attached hydrogens (tertiary/aromatic N) is 3. The zero-order valence-electron chi connectivity index (χ0n) is 15.2. The molecule has 0 amide bonds. The zero-order chi connectivity index (χ0) is 18.5. The summed E-state index contributed by atoms with van der Waals surface area (Å²) in [6.45, 7) is 7.07. The van der Waals surface area contributed by atoms with Gasteiger partial charge in [0, 0.05) is 60.1 Å². The van der Waals surface area contributed by atoms with Crippen LogP contribution < -0.4 is 15.8 Å². The lowest BCUT2D eigenvalue weighted by atomic mass is 10.1. The summed E-state index contributed by atoms with van der Waals surface area (Å²) in [6, 6.07) is 8.41. The van der Waals surface area contributed by atoms with Crippen molar-refractivity contribution in [1.82, 2.24) is 14.7 Å². The van der Waals surface area contributed by atoms with E-state index in [1.165, 1.54) is 4.88 Å². The van der Waals surface area contributed by atoms with Crippen molar-refractivity contribution in [2.75, 3.05) is 24.5 Å². The van der Waals surface area contributed by atoms with Crippen molar-refractivity contribution in [2.24, 2.45) is 0 Å². The van der Waals surface area contributed by atoms with E-state index in [2.05, 4.69) is 28.2 Å². The predicted octanol–water partition coefficient (Wildman–Crippen LogP) is 3.28. The Morgan fingerprint density at radius 1 is 1.30 bits per heavy atom. The molecule has 0 saturated carbocycles. The molecular weight excluding hydrogens is 360 g/mol. The average Bonchev–Trinajstić information content (AvgIpc) is 3.18. The maximum absolute atomic E-state index is 12.6. The second kappa shape index (κ2) is 6.21. The first-order chi connectivity index (χ1) is 13.1. The van der Waals surface area contributed by atoms with E-state index in [0.717, 1.165) is 35.7 Å². The van der Waals surface area contributed by atoms with Crippen molar-refractivity contribution in [1.29, 1.82) is 0 Å². The van der Waals surface area contributed by atoms with Gasteiger partial charge in [-0.05, 0) is 32.0 Å². The minimum Gasteiger partial charge on any atom is -0.422 e. The molecule has 1 saturated heterocycles. The molecular formula is C20H20N4O2S. The maximum atomic E-state index is 12.6. The average molecular weight is 380 g/mol. The Hall–Kier alpha value is -2.64. The molecule has 1 fully saturated rings. The molecule has 4 aromatic rings. The summed E-state index contributed by atoms with van der Waals surface area (Å²) in [6.07, 6.45) is 3.90. The van der Waals surface area contributed by atoms with E-state index in [9.17, 15) is 4.79 Å². The summed E-state index contributed by atoms with van der Waals surface area (Å²) in [7, 11) is 0. The van der Waals surface area contributed by atoms with E-state index >= 15 is 0 Å². The van der Waals surface area contributed by atoms with Crippen LogP contribution >= 0.6 is 11.3 Å². The molecule has 1 N–H and O–H groups in total. The van der Waals surface area contributed by atoms with Crippen LogP contribution in [0.15, 0.2) is 45.9 Å². The lowest BCUT2D eigenvalue weighted by Crippen LogP contribution is -2.49. The van der Waals surface area contributed by atoms with Crippen molar-refractivity contribution in [3.8, 4) is 11.3 Å². The summed E-state index contributed by atoms with van der Waals surface area (Å²) < 4.78 is 7.61. The number of piperazine rings is 1. The SMILES string of the molecule is Cc1cn2cc(-c3cc4ccc(N5CCNC(C)C5)cc4oc3=O)nc2s1. The van der Waals surface area contributed by atoms with Crippen molar-refractivity contribution >= 4 is 33.0 Å². The van der Waals surface area contributed by atoms with Crippen LogP contribution in [0.5, 0.6) is 0 Å². The topological polar surface area (TPSA) is 62.8 Å². The van der Waals surface area contributed by atoms with Crippen LogP contribution in [0.2, 0.25) is 0 Å². The van der Waals surface area contributed by atoms with Gasteiger partial charge in [0.25, 0.3) is 0 Å². The van der Waals surface area contributed by atoms with Crippen LogP contribution in [-0.2, 0) is 0 Å². The third-order valence-electron chi connectivity index (χ3n) is 5.00. The van der Waals surface area contributed by atoms with E-state index in [1.54, 1.807) is 11.3 Å². The zero-order valence-corrected chi connectivity index (χ0v) is 16.0. The predicted molar refractivity (Wildman–Crippen MR) is 109 cm³/mol. The minimum absolute atomic E-state index is 0.351. The molecule has 1 aliphatic heterocycles. The number of nitrogens with one attached hydrogen (secondary N) is 1. The molecule has 1 aromatic carbocycles. The van der Waals surface area contributed by atoms with E-state index in [-0.39, 0.29) is 5.63 Å². The van der Waals surface area contributed by atoms with Crippen molar-refractivity contribution in [3.05, 3.63) is 52.0 Å². The quantitative estimate of drug-likeness (QED) is 0.541. The standard InChI is InChI=1S/C20H20N4O2S/c1-12-9-23(6-5-21-12)15-4-3-14-7-16(19(25)26-18(14)8-15)17-11-24-10-13(2)27-20(24)22-17/h3-4,7-8,10-12,21H,5-6,9H2,1-2H3. The number of rotatable bonds is 2. The normalized spacial score (nSPS) is 17.9.